The normalized spacial score (nSPS) is 9.75. The highest BCUT2D eigenvalue weighted by atomic mass is 14.9. The van der Waals surface area contributed by atoms with Gasteiger partial charge >= 0.3 is 0 Å². The van der Waals surface area contributed by atoms with Crippen molar-refractivity contribution in [3.05, 3.63) is 29.8 Å². The Balaban J connectivity index is -0.0000000672. The highest BCUT2D eigenvalue weighted by Gasteiger charge is 2.04. The van der Waals surface area contributed by atoms with Gasteiger partial charge in [-0.25, -0.2) is 0 Å². The Morgan fingerprint density at radius 2 is 1.38 bits per heavy atom. The molecular formula is C15H35N. The summed E-state index contributed by atoms with van der Waals surface area (Å²) >= 11 is 0. The zero-order chi connectivity index (χ0) is 6.81. The minimum Gasteiger partial charge on any atom is -0.385 e. The van der Waals surface area contributed by atoms with Crippen molar-refractivity contribution in [1.29, 1.82) is 0 Å². The first kappa shape index (κ1) is 29.4. The molecule has 0 aromatic heterocycles. The van der Waals surface area contributed by atoms with Gasteiger partial charge in [-0.1, -0.05) is 62.8 Å². The molecule has 0 radical (unpaired) electrons. The fraction of sp³-hybridized carbons (Fsp3) is 0.600. The third kappa shape index (κ3) is 6.49. The molecule has 1 aromatic carbocycles. The van der Waals surface area contributed by atoms with Crippen LogP contribution < -0.4 is 5.32 Å². The minimum atomic E-state index is 0. The molecular weight excluding hydrogens is 194 g/mol. The van der Waals surface area contributed by atoms with E-state index in [0.29, 0.717) is 0 Å². The molecule has 0 bridgehead atoms. The predicted octanol–water partition coefficient (Wildman–Crippen LogP) is 5.86. The summed E-state index contributed by atoms with van der Waals surface area (Å²) in [6.45, 7) is 1.14. The number of nitrogens with one attached hydrogen (secondary N) is 1. The van der Waals surface area contributed by atoms with Crippen molar-refractivity contribution in [2.45, 2.75) is 57.4 Å². The van der Waals surface area contributed by atoms with Crippen LogP contribution in [0.25, 0.3) is 0 Å². The molecule has 0 spiro atoms. The van der Waals surface area contributed by atoms with E-state index < -0.39 is 0 Å². The standard InChI is InChI=1S/C9H11N.6CH4/c1-2-6-9-8(4-1)5-3-7-10-9;;;;;;/h1-2,4,6,10H,3,5,7H2;6*1H4. The van der Waals surface area contributed by atoms with Crippen LogP contribution in [0.3, 0.4) is 0 Å². The smallest absolute Gasteiger partial charge is 0.0372 e. The maximum Gasteiger partial charge on any atom is 0.0372 e. The second kappa shape index (κ2) is 14.0. The molecule has 0 saturated carbocycles. The summed E-state index contributed by atoms with van der Waals surface area (Å²) in [5, 5.41) is 3.36. The Kier molecular flexibility index (Phi) is 25.8. The van der Waals surface area contributed by atoms with E-state index in [1.807, 2.05) is 0 Å². The van der Waals surface area contributed by atoms with Crippen LogP contribution in [-0.4, -0.2) is 6.54 Å². The van der Waals surface area contributed by atoms with Crippen LogP contribution in [0.5, 0.6) is 0 Å². The Hall–Kier alpha value is -0.980. The van der Waals surface area contributed by atoms with Crippen molar-refractivity contribution in [3.8, 4) is 0 Å². The zero-order valence-electron chi connectivity index (χ0n) is 5.93. The van der Waals surface area contributed by atoms with E-state index >= 15 is 0 Å². The van der Waals surface area contributed by atoms with Crippen LogP contribution in [-0.2, 0) is 6.42 Å². The van der Waals surface area contributed by atoms with Gasteiger partial charge in [0.1, 0.15) is 0 Å². The van der Waals surface area contributed by atoms with E-state index in [2.05, 4.69) is 29.6 Å². The lowest BCUT2D eigenvalue weighted by atomic mass is 10.0. The minimum absolute atomic E-state index is 0. The highest BCUT2D eigenvalue weighted by molar-refractivity contribution is 5.52. The summed E-state index contributed by atoms with van der Waals surface area (Å²) in [4.78, 5) is 0. The summed E-state index contributed by atoms with van der Waals surface area (Å²) in [7, 11) is 0. The molecule has 1 aliphatic heterocycles. The number of rotatable bonds is 0. The molecule has 100 valence electrons. The maximum atomic E-state index is 3.36. The summed E-state index contributed by atoms with van der Waals surface area (Å²) in [5.41, 5.74) is 2.79. The summed E-state index contributed by atoms with van der Waals surface area (Å²) in [6, 6.07) is 8.53. The lowest BCUT2D eigenvalue weighted by Gasteiger charge is -2.16. The Labute approximate surface area is 105 Å². The van der Waals surface area contributed by atoms with E-state index in [1.165, 1.54) is 24.1 Å². The van der Waals surface area contributed by atoms with Gasteiger partial charge in [0.2, 0.25) is 0 Å². The van der Waals surface area contributed by atoms with Gasteiger partial charge in [0.05, 0.1) is 0 Å². The average Bonchev–Trinajstić information content (AvgIpc) is 2.05. The monoisotopic (exact) mass is 229 g/mol. The van der Waals surface area contributed by atoms with Crippen LogP contribution in [0.2, 0.25) is 0 Å². The van der Waals surface area contributed by atoms with Crippen molar-refractivity contribution < 1.29 is 0 Å². The van der Waals surface area contributed by atoms with E-state index in [4.69, 9.17) is 0 Å². The largest absolute Gasteiger partial charge is 0.385 e. The molecule has 2 rings (SSSR count). The molecule has 0 fully saturated rings. The molecule has 1 aliphatic rings. The first-order chi connectivity index (χ1) is 4.97. The van der Waals surface area contributed by atoms with Gasteiger partial charge in [-0.15, -0.1) is 0 Å². The van der Waals surface area contributed by atoms with Crippen LogP contribution in [0, 0.1) is 0 Å². The number of para-hydroxylation sites is 1. The number of aryl methyl sites for hydroxylation is 1. The number of hydrogen-bond donors (Lipinski definition) is 1. The zero-order valence-corrected chi connectivity index (χ0v) is 5.93. The lowest BCUT2D eigenvalue weighted by molar-refractivity contribution is 0.830. The molecule has 16 heavy (non-hydrogen) atoms. The Morgan fingerprint density at radius 1 is 0.812 bits per heavy atom. The topological polar surface area (TPSA) is 12.0 Å². The summed E-state index contributed by atoms with van der Waals surface area (Å²) in [6.07, 6.45) is 2.51. The van der Waals surface area contributed by atoms with Gasteiger partial charge in [-0.05, 0) is 24.5 Å². The maximum absolute atomic E-state index is 3.36. The highest BCUT2D eigenvalue weighted by Crippen LogP contribution is 2.19. The van der Waals surface area contributed by atoms with Crippen LogP contribution >= 0.6 is 0 Å². The molecule has 1 nitrogen and oxygen atoms in total. The second-order valence-corrected chi connectivity index (χ2v) is 2.69. The van der Waals surface area contributed by atoms with Crippen molar-refractivity contribution in [2.24, 2.45) is 0 Å². The van der Waals surface area contributed by atoms with Crippen molar-refractivity contribution in [1.82, 2.24) is 0 Å². The van der Waals surface area contributed by atoms with Crippen molar-refractivity contribution in [2.75, 3.05) is 11.9 Å². The molecule has 1 N–H and O–H groups in total. The van der Waals surface area contributed by atoms with Gasteiger partial charge in [-0.2, -0.15) is 0 Å². The van der Waals surface area contributed by atoms with Crippen LogP contribution in [0.15, 0.2) is 24.3 Å². The Bertz CT molecular complexity index is 206. The molecule has 1 aromatic rings. The van der Waals surface area contributed by atoms with Crippen molar-refractivity contribution in [3.63, 3.8) is 0 Å². The fourth-order valence-corrected chi connectivity index (χ4v) is 1.41. The molecule has 0 saturated heterocycles. The third-order valence-corrected chi connectivity index (χ3v) is 1.96. The molecule has 0 atom stereocenters. The lowest BCUT2D eigenvalue weighted by Crippen LogP contribution is -2.10. The quantitative estimate of drug-likeness (QED) is 0.587. The van der Waals surface area contributed by atoms with Crippen molar-refractivity contribution >= 4 is 5.69 Å². The molecule has 1 heteroatoms. The van der Waals surface area contributed by atoms with Crippen LogP contribution in [0.4, 0.5) is 5.69 Å². The molecule has 0 amide bonds. The van der Waals surface area contributed by atoms with Gasteiger partial charge in [0.25, 0.3) is 0 Å². The van der Waals surface area contributed by atoms with Gasteiger partial charge < -0.3 is 5.32 Å². The number of benzene rings is 1. The number of hydrogen-bond acceptors (Lipinski definition) is 1. The molecule has 0 unspecified atom stereocenters. The molecule has 1 heterocycles. The summed E-state index contributed by atoms with van der Waals surface area (Å²) in [5.74, 6) is 0. The number of fused-ring (bicyclic) bond motifs is 1. The van der Waals surface area contributed by atoms with E-state index in [1.54, 1.807) is 0 Å². The van der Waals surface area contributed by atoms with E-state index in [0.717, 1.165) is 6.54 Å². The third-order valence-electron chi connectivity index (χ3n) is 1.96. The Morgan fingerprint density at radius 3 is 1.94 bits per heavy atom. The van der Waals surface area contributed by atoms with E-state index in [-0.39, 0.29) is 44.6 Å². The second-order valence-electron chi connectivity index (χ2n) is 2.69. The first-order valence-electron chi connectivity index (χ1n) is 3.78. The first-order valence-corrected chi connectivity index (χ1v) is 3.78. The number of anilines is 1. The predicted molar refractivity (Wildman–Crippen MR) is 83.6 cm³/mol. The fourth-order valence-electron chi connectivity index (χ4n) is 1.41. The van der Waals surface area contributed by atoms with Gasteiger partial charge in [-0.3, -0.25) is 0 Å². The average molecular weight is 229 g/mol. The van der Waals surface area contributed by atoms with Gasteiger partial charge in [0.15, 0.2) is 0 Å². The summed E-state index contributed by atoms with van der Waals surface area (Å²) < 4.78 is 0. The SMILES string of the molecule is C.C.C.C.C.C.c1ccc2c(c1)CCCN2. The molecule has 0 aliphatic carbocycles. The van der Waals surface area contributed by atoms with Crippen LogP contribution in [0.1, 0.15) is 56.5 Å². The van der Waals surface area contributed by atoms with Gasteiger partial charge in [0, 0.05) is 12.2 Å². The van der Waals surface area contributed by atoms with E-state index in [9.17, 15) is 0 Å².